The number of carboxylic acids is 1. The van der Waals surface area contributed by atoms with Gasteiger partial charge in [-0.3, -0.25) is 4.90 Å². The summed E-state index contributed by atoms with van der Waals surface area (Å²) in [5, 5.41) is 11.6. The molecule has 0 bridgehead atoms. The molecule has 108 valence electrons. The number of nitrogens with zero attached hydrogens (tertiary/aromatic N) is 1. The van der Waals surface area contributed by atoms with Crippen LogP contribution in [0.5, 0.6) is 0 Å². The first-order chi connectivity index (χ1) is 9.54. The van der Waals surface area contributed by atoms with Gasteiger partial charge in [0.05, 0.1) is 0 Å². The van der Waals surface area contributed by atoms with Gasteiger partial charge >= 0.3 is 12.0 Å². The molecule has 0 fully saturated rings. The highest BCUT2D eigenvalue weighted by Crippen LogP contribution is 2.30. The van der Waals surface area contributed by atoms with Crippen molar-refractivity contribution in [2.75, 3.05) is 4.90 Å². The van der Waals surface area contributed by atoms with Gasteiger partial charge in [0.15, 0.2) is 0 Å². The minimum Gasteiger partial charge on any atom is -0.480 e. The lowest BCUT2D eigenvalue weighted by molar-refractivity contribution is -0.139. The molecule has 20 heavy (non-hydrogen) atoms. The molecule has 1 aliphatic rings. The van der Waals surface area contributed by atoms with Crippen molar-refractivity contribution in [3.05, 3.63) is 29.8 Å². The van der Waals surface area contributed by atoms with Gasteiger partial charge in [-0.1, -0.05) is 25.1 Å². The highest BCUT2D eigenvalue weighted by molar-refractivity contribution is 5.96. The molecular formula is C15H20N2O3. The Bertz CT molecular complexity index is 516. The number of amides is 2. The summed E-state index contributed by atoms with van der Waals surface area (Å²) < 4.78 is 0. The molecule has 2 amide bonds. The van der Waals surface area contributed by atoms with Crippen LogP contribution in [0.25, 0.3) is 0 Å². The van der Waals surface area contributed by atoms with Crippen LogP contribution in [-0.2, 0) is 11.2 Å². The van der Waals surface area contributed by atoms with Crippen molar-refractivity contribution < 1.29 is 14.7 Å². The molecule has 0 saturated carbocycles. The second-order valence-corrected chi connectivity index (χ2v) is 5.13. The third-order valence-electron chi connectivity index (χ3n) is 3.75. The van der Waals surface area contributed by atoms with Crippen molar-refractivity contribution >= 4 is 17.7 Å². The fourth-order valence-electron chi connectivity index (χ4n) is 2.55. The highest BCUT2D eigenvalue weighted by atomic mass is 16.4. The van der Waals surface area contributed by atoms with Crippen molar-refractivity contribution in [1.29, 1.82) is 0 Å². The van der Waals surface area contributed by atoms with Gasteiger partial charge < -0.3 is 10.4 Å². The molecule has 1 heterocycles. The maximum atomic E-state index is 12.4. The Hall–Kier alpha value is -2.04. The fraction of sp³-hybridized carbons (Fsp3) is 0.467. The van der Waals surface area contributed by atoms with Gasteiger partial charge in [0.2, 0.25) is 0 Å². The number of rotatable bonds is 3. The molecule has 1 aliphatic heterocycles. The van der Waals surface area contributed by atoms with Crippen LogP contribution in [0.2, 0.25) is 0 Å². The van der Waals surface area contributed by atoms with Gasteiger partial charge in [0, 0.05) is 11.7 Å². The maximum Gasteiger partial charge on any atom is 0.326 e. The maximum absolute atomic E-state index is 12.4. The number of benzene rings is 1. The molecule has 0 saturated heterocycles. The summed E-state index contributed by atoms with van der Waals surface area (Å²) in [6.07, 6.45) is 2.19. The summed E-state index contributed by atoms with van der Waals surface area (Å²) in [4.78, 5) is 25.1. The first-order valence-electron chi connectivity index (χ1n) is 6.95. The van der Waals surface area contributed by atoms with Crippen LogP contribution < -0.4 is 10.2 Å². The fourth-order valence-corrected chi connectivity index (χ4v) is 2.55. The molecule has 5 heteroatoms. The van der Waals surface area contributed by atoms with E-state index >= 15 is 0 Å². The third-order valence-corrected chi connectivity index (χ3v) is 3.75. The summed E-state index contributed by atoms with van der Waals surface area (Å²) in [6, 6.07) is 6.66. The molecule has 5 nitrogen and oxygen atoms in total. The second kappa shape index (κ2) is 5.94. The largest absolute Gasteiger partial charge is 0.480 e. The van der Waals surface area contributed by atoms with Gasteiger partial charge in [0.1, 0.15) is 6.04 Å². The molecule has 0 aromatic heterocycles. The summed E-state index contributed by atoms with van der Waals surface area (Å²) in [7, 11) is 0. The molecule has 0 radical (unpaired) electrons. The van der Waals surface area contributed by atoms with E-state index in [0.717, 1.165) is 24.1 Å². The van der Waals surface area contributed by atoms with E-state index in [4.69, 9.17) is 5.11 Å². The first kappa shape index (κ1) is 14.4. The zero-order valence-corrected chi connectivity index (χ0v) is 11.8. The molecular weight excluding hydrogens is 256 g/mol. The number of aliphatic carboxylic acids is 1. The highest BCUT2D eigenvalue weighted by Gasteiger charge is 2.30. The van der Waals surface area contributed by atoms with E-state index in [9.17, 15) is 9.59 Å². The van der Waals surface area contributed by atoms with Gasteiger partial charge in [-0.2, -0.15) is 0 Å². The molecule has 1 aromatic rings. The average molecular weight is 276 g/mol. The van der Waals surface area contributed by atoms with Crippen LogP contribution in [0, 0.1) is 0 Å². The normalized spacial score (nSPS) is 19.1. The number of fused-ring (bicyclic) bond motifs is 1. The predicted molar refractivity (Wildman–Crippen MR) is 77.0 cm³/mol. The standard InChI is InChI=1S/C15H20N2O3/c1-3-12(14(18)19)16-15(20)17-10(2)8-9-11-6-4-5-7-13(11)17/h4-7,10,12H,3,8-9H2,1-2H3,(H,16,20)(H,18,19). The van der Waals surface area contributed by atoms with E-state index in [1.807, 2.05) is 31.2 Å². The Kier molecular flexibility index (Phi) is 4.27. The number of hydrogen-bond acceptors (Lipinski definition) is 2. The number of anilines is 1. The molecule has 2 unspecified atom stereocenters. The Morgan fingerprint density at radius 2 is 2.15 bits per heavy atom. The van der Waals surface area contributed by atoms with Crippen molar-refractivity contribution in [3.63, 3.8) is 0 Å². The number of aryl methyl sites for hydroxylation is 1. The number of nitrogens with one attached hydrogen (secondary N) is 1. The van der Waals surface area contributed by atoms with Crippen LogP contribution >= 0.6 is 0 Å². The molecule has 0 aliphatic carbocycles. The minimum atomic E-state index is -1.00. The Labute approximate surface area is 118 Å². The number of para-hydroxylation sites is 1. The molecule has 2 atom stereocenters. The van der Waals surface area contributed by atoms with Crippen molar-refractivity contribution in [2.45, 2.75) is 45.2 Å². The lowest BCUT2D eigenvalue weighted by Gasteiger charge is -2.35. The number of carbonyl (C=O) groups is 2. The monoisotopic (exact) mass is 276 g/mol. The van der Waals surface area contributed by atoms with Crippen LogP contribution in [0.3, 0.4) is 0 Å². The summed E-state index contributed by atoms with van der Waals surface area (Å²) >= 11 is 0. The first-order valence-corrected chi connectivity index (χ1v) is 6.95. The summed E-state index contributed by atoms with van der Waals surface area (Å²) in [5.41, 5.74) is 2.01. The number of urea groups is 1. The lowest BCUT2D eigenvalue weighted by atomic mass is 9.97. The SMILES string of the molecule is CCC(NC(=O)N1c2ccccc2CCC1C)C(=O)O. The molecule has 2 N–H and O–H groups in total. The number of carbonyl (C=O) groups excluding carboxylic acids is 1. The zero-order valence-electron chi connectivity index (χ0n) is 11.8. The van der Waals surface area contributed by atoms with E-state index in [2.05, 4.69) is 5.32 Å². The Balaban J connectivity index is 2.23. The minimum absolute atomic E-state index is 0.0659. The quantitative estimate of drug-likeness (QED) is 0.890. The summed E-state index contributed by atoms with van der Waals surface area (Å²) in [5.74, 6) is -1.00. The van der Waals surface area contributed by atoms with Crippen molar-refractivity contribution in [3.8, 4) is 0 Å². The van der Waals surface area contributed by atoms with Gasteiger partial charge in [-0.25, -0.2) is 9.59 Å². The van der Waals surface area contributed by atoms with E-state index < -0.39 is 12.0 Å². The lowest BCUT2D eigenvalue weighted by Crippen LogP contribution is -2.52. The van der Waals surface area contributed by atoms with E-state index in [-0.39, 0.29) is 12.1 Å². The van der Waals surface area contributed by atoms with E-state index in [1.54, 1.807) is 11.8 Å². The molecule has 2 rings (SSSR count). The second-order valence-electron chi connectivity index (χ2n) is 5.13. The van der Waals surface area contributed by atoms with E-state index in [0.29, 0.717) is 6.42 Å². The van der Waals surface area contributed by atoms with Crippen molar-refractivity contribution in [1.82, 2.24) is 5.32 Å². The summed E-state index contributed by atoms with van der Waals surface area (Å²) in [6.45, 7) is 3.73. The number of carboxylic acid groups (broad SMARTS) is 1. The predicted octanol–water partition coefficient (Wildman–Crippen LogP) is 2.40. The van der Waals surface area contributed by atoms with Crippen LogP contribution in [-0.4, -0.2) is 29.2 Å². The van der Waals surface area contributed by atoms with Gasteiger partial charge in [0.25, 0.3) is 0 Å². The average Bonchev–Trinajstić information content (AvgIpc) is 2.44. The Morgan fingerprint density at radius 3 is 2.80 bits per heavy atom. The van der Waals surface area contributed by atoms with Crippen LogP contribution in [0.4, 0.5) is 10.5 Å². The van der Waals surface area contributed by atoms with Gasteiger partial charge in [-0.05, 0) is 37.8 Å². The van der Waals surface area contributed by atoms with Crippen LogP contribution in [0.1, 0.15) is 32.3 Å². The molecule has 1 aromatic carbocycles. The van der Waals surface area contributed by atoms with Crippen LogP contribution in [0.15, 0.2) is 24.3 Å². The van der Waals surface area contributed by atoms with Gasteiger partial charge in [-0.15, -0.1) is 0 Å². The Morgan fingerprint density at radius 1 is 1.45 bits per heavy atom. The topological polar surface area (TPSA) is 69.6 Å². The zero-order chi connectivity index (χ0) is 14.7. The van der Waals surface area contributed by atoms with E-state index in [1.165, 1.54) is 0 Å². The third kappa shape index (κ3) is 2.76. The smallest absolute Gasteiger partial charge is 0.326 e. The molecule has 0 spiro atoms. The number of hydrogen-bond donors (Lipinski definition) is 2. The van der Waals surface area contributed by atoms with Crippen molar-refractivity contribution in [2.24, 2.45) is 0 Å².